The van der Waals surface area contributed by atoms with Crippen LogP contribution in [0.4, 0.5) is 34.1 Å². The van der Waals surface area contributed by atoms with Gasteiger partial charge in [0.25, 0.3) is 6.71 Å². The molecule has 0 atom stereocenters. The lowest BCUT2D eigenvalue weighted by atomic mass is 9.33. The number of thiophene rings is 1. The molecule has 1 aromatic heterocycles. The SMILES string of the molecule is Cc1cc2c3c(c1)N(c1ccccc1C)c1ccc4c(sc5ccc(C(C)(C)C)cc54)c1B3c1cc3c(cc1N2c1ccc(C(C)(C)C)cc1C)C(C)(C)CCC3(C)C. The first-order valence-corrected chi connectivity index (χ1v) is 22.7. The molecule has 0 N–H and O–H groups in total. The van der Waals surface area contributed by atoms with Crippen molar-refractivity contribution in [2.45, 2.75) is 125 Å². The van der Waals surface area contributed by atoms with Gasteiger partial charge >= 0.3 is 0 Å². The summed E-state index contributed by atoms with van der Waals surface area (Å²) < 4.78 is 2.77. The van der Waals surface area contributed by atoms with E-state index < -0.39 is 0 Å². The molecule has 59 heavy (non-hydrogen) atoms. The molecule has 0 amide bonds. The molecule has 2 aliphatic heterocycles. The Balaban J connectivity index is 1.37. The average molecular weight is 791 g/mol. The van der Waals surface area contributed by atoms with Gasteiger partial charge in [0, 0.05) is 48.9 Å². The number of anilines is 6. The molecule has 0 saturated heterocycles. The van der Waals surface area contributed by atoms with Gasteiger partial charge in [-0.1, -0.05) is 118 Å². The van der Waals surface area contributed by atoms with Gasteiger partial charge in [0.2, 0.25) is 0 Å². The highest BCUT2D eigenvalue weighted by atomic mass is 32.1. The Morgan fingerprint density at radius 2 is 1.10 bits per heavy atom. The highest BCUT2D eigenvalue weighted by Crippen LogP contribution is 2.52. The molecule has 3 heterocycles. The third kappa shape index (κ3) is 5.72. The van der Waals surface area contributed by atoms with Crippen LogP contribution in [0.25, 0.3) is 20.2 Å². The summed E-state index contributed by atoms with van der Waals surface area (Å²) >= 11 is 1.99. The molecule has 0 fully saturated rings. The molecule has 2 nitrogen and oxygen atoms in total. The van der Waals surface area contributed by atoms with Crippen LogP contribution >= 0.6 is 11.3 Å². The number of fused-ring (bicyclic) bond motifs is 9. The fourth-order valence-electron chi connectivity index (χ4n) is 10.7. The molecular weight excluding hydrogens is 731 g/mol. The van der Waals surface area contributed by atoms with E-state index in [0.29, 0.717) is 0 Å². The van der Waals surface area contributed by atoms with E-state index in [1.807, 2.05) is 11.3 Å². The van der Waals surface area contributed by atoms with E-state index in [2.05, 4.69) is 197 Å². The van der Waals surface area contributed by atoms with E-state index in [4.69, 9.17) is 0 Å². The molecule has 0 saturated carbocycles. The number of nitrogens with zero attached hydrogens (tertiary/aromatic N) is 2. The van der Waals surface area contributed by atoms with E-state index in [0.717, 1.165) is 0 Å². The number of aryl methyl sites for hydroxylation is 3. The average Bonchev–Trinajstić information content (AvgIpc) is 3.54. The minimum atomic E-state index is 0.0567. The minimum Gasteiger partial charge on any atom is -0.311 e. The fourth-order valence-corrected chi connectivity index (χ4v) is 11.9. The predicted octanol–water partition coefficient (Wildman–Crippen LogP) is 14.0. The van der Waals surface area contributed by atoms with E-state index in [-0.39, 0.29) is 28.4 Å². The van der Waals surface area contributed by atoms with Crippen molar-refractivity contribution in [2.75, 3.05) is 9.80 Å². The summed E-state index contributed by atoms with van der Waals surface area (Å²) in [7, 11) is 0. The number of benzene rings is 6. The van der Waals surface area contributed by atoms with Crippen molar-refractivity contribution in [2.24, 2.45) is 0 Å². The van der Waals surface area contributed by atoms with E-state index in [1.165, 1.54) is 122 Å². The van der Waals surface area contributed by atoms with E-state index in [1.54, 1.807) is 0 Å². The van der Waals surface area contributed by atoms with Gasteiger partial charge in [-0.25, -0.2) is 0 Å². The maximum atomic E-state index is 2.69. The quantitative estimate of drug-likeness (QED) is 0.161. The lowest BCUT2D eigenvalue weighted by Crippen LogP contribution is -2.62. The number of rotatable bonds is 2. The second-order valence-electron chi connectivity index (χ2n) is 21.5. The first kappa shape index (κ1) is 38.4. The lowest BCUT2D eigenvalue weighted by Gasteiger charge is -2.48. The summed E-state index contributed by atoms with van der Waals surface area (Å²) in [5.41, 5.74) is 21.9. The van der Waals surface area contributed by atoms with Gasteiger partial charge in [-0.15, -0.1) is 11.3 Å². The molecule has 0 bridgehead atoms. The second-order valence-corrected chi connectivity index (χ2v) is 22.6. The Bertz CT molecular complexity index is 2910. The lowest BCUT2D eigenvalue weighted by molar-refractivity contribution is 0.332. The van der Waals surface area contributed by atoms with Crippen LogP contribution in [0.2, 0.25) is 0 Å². The maximum Gasteiger partial charge on any atom is 0.254 e. The van der Waals surface area contributed by atoms with Crippen molar-refractivity contribution in [1.82, 2.24) is 0 Å². The van der Waals surface area contributed by atoms with Gasteiger partial charge in [0.15, 0.2) is 0 Å². The Labute approximate surface area is 357 Å². The summed E-state index contributed by atoms with van der Waals surface area (Å²) in [4.78, 5) is 5.28. The smallest absolute Gasteiger partial charge is 0.254 e. The Kier molecular flexibility index (Phi) is 8.21. The first-order chi connectivity index (χ1) is 27.7. The van der Waals surface area contributed by atoms with Crippen LogP contribution in [-0.2, 0) is 21.7 Å². The molecule has 3 aliphatic rings. The van der Waals surface area contributed by atoms with Crippen LogP contribution in [-0.4, -0.2) is 6.71 Å². The Hall–Kier alpha value is -4.80. The fraction of sp³-hybridized carbons (Fsp3) is 0.345. The standard InChI is InChI=1S/C55H59BN2S/c1-32-26-46-49-47(27-32)58(43-21-18-35(28-34(43)3)52(4,5)6)45-31-40-39(54(10,11)24-25-55(40,12)13)30-41(45)56(49)50-44(57(46)42-17-15-14-16-33(42)2)22-20-37-38-29-36(53(7,8)9)19-23-48(38)59-51(37)50/h14-23,26-31H,24-25H2,1-13H3. The van der Waals surface area contributed by atoms with Gasteiger partial charge in [0.05, 0.1) is 0 Å². The molecule has 6 aromatic carbocycles. The zero-order valence-electron chi connectivity index (χ0n) is 37.5. The maximum absolute atomic E-state index is 2.69. The molecular formula is C55H59BN2S. The summed E-state index contributed by atoms with van der Waals surface area (Å²) in [6.45, 7) is 30.8. The topological polar surface area (TPSA) is 6.48 Å². The predicted molar refractivity (Wildman–Crippen MR) is 260 cm³/mol. The van der Waals surface area contributed by atoms with Gasteiger partial charge in [-0.2, -0.15) is 0 Å². The monoisotopic (exact) mass is 790 g/mol. The van der Waals surface area contributed by atoms with Crippen LogP contribution in [0.1, 0.15) is 121 Å². The molecule has 4 heteroatoms. The first-order valence-electron chi connectivity index (χ1n) is 21.8. The van der Waals surface area contributed by atoms with Crippen LogP contribution in [0.5, 0.6) is 0 Å². The van der Waals surface area contributed by atoms with E-state index in [9.17, 15) is 0 Å². The molecule has 0 radical (unpaired) electrons. The van der Waals surface area contributed by atoms with Gasteiger partial charge in [-0.3, -0.25) is 0 Å². The van der Waals surface area contributed by atoms with Crippen molar-refractivity contribution in [3.8, 4) is 0 Å². The normalized spacial score (nSPS) is 16.6. The van der Waals surface area contributed by atoms with Crippen LogP contribution in [0, 0.1) is 20.8 Å². The van der Waals surface area contributed by atoms with Gasteiger partial charge < -0.3 is 9.80 Å². The van der Waals surface area contributed by atoms with Gasteiger partial charge in [0.1, 0.15) is 0 Å². The summed E-state index contributed by atoms with van der Waals surface area (Å²) in [6, 6.07) is 38.6. The van der Waals surface area contributed by atoms with Crippen LogP contribution in [0.3, 0.4) is 0 Å². The summed E-state index contributed by atoms with van der Waals surface area (Å²) in [5, 5.41) is 2.74. The molecule has 0 unspecified atom stereocenters. The van der Waals surface area contributed by atoms with E-state index >= 15 is 0 Å². The van der Waals surface area contributed by atoms with Crippen LogP contribution in [0.15, 0.2) is 97.1 Å². The van der Waals surface area contributed by atoms with Crippen molar-refractivity contribution in [3.63, 3.8) is 0 Å². The van der Waals surface area contributed by atoms with Gasteiger partial charge in [-0.05, 0) is 165 Å². The van der Waals surface area contributed by atoms with Crippen molar-refractivity contribution in [1.29, 1.82) is 0 Å². The third-order valence-electron chi connectivity index (χ3n) is 14.3. The van der Waals surface area contributed by atoms with Crippen molar-refractivity contribution < 1.29 is 0 Å². The third-order valence-corrected chi connectivity index (χ3v) is 15.5. The number of hydrogen-bond acceptors (Lipinski definition) is 3. The zero-order valence-corrected chi connectivity index (χ0v) is 38.3. The largest absolute Gasteiger partial charge is 0.311 e. The zero-order chi connectivity index (χ0) is 41.7. The molecule has 298 valence electrons. The Morgan fingerprint density at radius 1 is 0.525 bits per heavy atom. The summed E-state index contributed by atoms with van der Waals surface area (Å²) in [5.74, 6) is 0. The summed E-state index contributed by atoms with van der Waals surface area (Å²) in [6.07, 6.45) is 2.37. The Morgan fingerprint density at radius 3 is 1.75 bits per heavy atom. The highest BCUT2D eigenvalue weighted by molar-refractivity contribution is 7.28. The molecule has 10 rings (SSSR count). The molecule has 1 aliphatic carbocycles. The highest BCUT2D eigenvalue weighted by Gasteiger charge is 2.47. The number of hydrogen-bond donors (Lipinski definition) is 0. The van der Waals surface area contributed by atoms with Crippen molar-refractivity contribution in [3.05, 3.63) is 136 Å². The molecule has 7 aromatic rings. The van der Waals surface area contributed by atoms with Crippen molar-refractivity contribution >= 4 is 88.7 Å². The second kappa shape index (κ2) is 12.6. The molecule has 0 spiro atoms. The number of para-hydroxylation sites is 1. The minimum absolute atomic E-state index is 0.0567. The van der Waals surface area contributed by atoms with Crippen LogP contribution < -0.4 is 26.2 Å².